The van der Waals surface area contributed by atoms with E-state index in [0.717, 1.165) is 17.7 Å². The fraction of sp³-hybridized carbons (Fsp3) is 0.133. The molecule has 2 aromatic rings. The van der Waals surface area contributed by atoms with Crippen LogP contribution in [0.3, 0.4) is 0 Å². The number of aldehydes is 1. The van der Waals surface area contributed by atoms with Gasteiger partial charge in [0.25, 0.3) is 0 Å². The van der Waals surface area contributed by atoms with E-state index in [2.05, 4.69) is 4.74 Å². The summed E-state index contributed by atoms with van der Waals surface area (Å²) in [4.78, 5) is 10.8. The number of carbonyl (C=O) groups is 1. The average Bonchev–Trinajstić information content (AvgIpc) is 2.44. The minimum absolute atomic E-state index is 0.0212. The summed E-state index contributed by atoms with van der Waals surface area (Å²) in [5.41, 5.74) is 0.798. The van der Waals surface area contributed by atoms with Crippen molar-refractivity contribution in [2.24, 2.45) is 0 Å². The molecule has 0 aromatic heterocycles. The lowest BCUT2D eigenvalue weighted by Crippen LogP contribution is -2.17. The number of rotatable bonds is 5. The van der Waals surface area contributed by atoms with E-state index in [-0.39, 0.29) is 17.9 Å². The van der Waals surface area contributed by atoms with E-state index in [1.165, 1.54) is 6.07 Å². The summed E-state index contributed by atoms with van der Waals surface area (Å²) in [7, 11) is 0. The maximum absolute atomic E-state index is 12.2. The molecule has 0 aliphatic carbocycles. The van der Waals surface area contributed by atoms with Gasteiger partial charge in [-0.3, -0.25) is 4.79 Å². The molecule has 7 heteroatoms. The monoisotopic (exact) mass is 330 g/mol. The predicted octanol–water partition coefficient (Wildman–Crippen LogP) is 4.63. The Bertz CT molecular complexity index is 654. The van der Waals surface area contributed by atoms with Crippen molar-refractivity contribution in [2.75, 3.05) is 0 Å². The lowest BCUT2D eigenvalue weighted by molar-refractivity contribution is -0.274. The number of benzene rings is 2. The van der Waals surface area contributed by atoms with Gasteiger partial charge in [-0.15, -0.1) is 13.2 Å². The maximum atomic E-state index is 12.2. The number of halogens is 4. The Morgan fingerprint density at radius 1 is 1.05 bits per heavy atom. The molecular weight excluding hydrogens is 321 g/mol. The van der Waals surface area contributed by atoms with E-state index in [0.29, 0.717) is 11.3 Å². The van der Waals surface area contributed by atoms with Gasteiger partial charge in [0.2, 0.25) is 0 Å². The molecule has 3 nitrogen and oxygen atoms in total. The smallest absolute Gasteiger partial charge is 0.489 e. The summed E-state index contributed by atoms with van der Waals surface area (Å²) in [6.45, 7) is 0.116. The Labute approximate surface area is 129 Å². The highest BCUT2D eigenvalue weighted by atomic mass is 35.5. The normalized spacial score (nSPS) is 11.1. The van der Waals surface area contributed by atoms with Gasteiger partial charge in [-0.25, -0.2) is 0 Å². The predicted molar refractivity (Wildman–Crippen MR) is 74.3 cm³/mol. The second-order valence-electron chi connectivity index (χ2n) is 4.32. The van der Waals surface area contributed by atoms with E-state index in [1.807, 2.05) is 0 Å². The summed E-state index contributed by atoms with van der Waals surface area (Å²) in [5, 5.41) is 0.563. The molecule has 0 aliphatic rings. The van der Waals surface area contributed by atoms with Crippen LogP contribution in [0.2, 0.25) is 5.02 Å². The van der Waals surface area contributed by atoms with Crippen molar-refractivity contribution in [3.63, 3.8) is 0 Å². The maximum Gasteiger partial charge on any atom is 0.573 e. The van der Waals surface area contributed by atoms with Crippen LogP contribution in [0.15, 0.2) is 42.5 Å². The molecule has 0 amide bonds. The van der Waals surface area contributed by atoms with Gasteiger partial charge in [-0.2, -0.15) is 0 Å². The van der Waals surface area contributed by atoms with Gasteiger partial charge in [0, 0.05) is 16.7 Å². The Morgan fingerprint density at radius 3 is 2.27 bits per heavy atom. The molecule has 0 atom stereocenters. The van der Waals surface area contributed by atoms with Crippen LogP contribution in [0.1, 0.15) is 15.9 Å². The van der Waals surface area contributed by atoms with Crippen LogP contribution >= 0.6 is 11.6 Å². The minimum Gasteiger partial charge on any atom is -0.489 e. The highest BCUT2D eigenvalue weighted by Crippen LogP contribution is 2.28. The first-order valence-corrected chi connectivity index (χ1v) is 6.47. The van der Waals surface area contributed by atoms with Gasteiger partial charge < -0.3 is 9.47 Å². The standard InChI is InChI=1S/C15H10ClF3O3/c16-12-3-1-10(2-4-12)9-21-13-5-11(8-20)6-14(7-13)22-15(17,18)19/h1-8H,9H2. The zero-order chi connectivity index (χ0) is 16.2. The van der Waals surface area contributed by atoms with Crippen molar-refractivity contribution in [3.05, 3.63) is 58.6 Å². The zero-order valence-corrected chi connectivity index (χ0v) is 11.8. The van der Waals surface area contributed by atoms with Crippen LogP contribution < -0.4 is 9.47 Å². The van der Waals surface area contributed by atoms with Crippen molar-refractivity contribution in [1.82, 2.24) is 0 Å². The second kappa shape index (κ2) is 6.70. The molecule has 0 heterocycles. The fourth-order valence-electron chi connectivity index (χ4n) is 1.68. The second-order valence-corrected chi connectivity index (χ2v) is 4.75. The molecule has 0 spiro atoms. The summed E-state index contributed by atoms with van der Waals surface area (Å²) < 4.78 is 45.9. The average molecular weight is 331 g/mol. The van der Waals surface area contributed by atoms with Crippen molar-refractivity contribution >= 4 is 17.9 Å². The number of hydrogen-bond acceptors (Lipinski definition) is 3. The molecule has 0 fully saturated rings. The summed E-state index contributed by atoms with van der Waals surface area (Å²) in [6, 6.07) is 10.1. The van der Waals surface area contributed by atoms with Gasteiger partial charge >= 0.3 is 6.36 Å². The number of hydrogen-bond donors (Lipinski definition) is 0. The van der Waals surface area contributed by atoms with Gasteiger partial charge in [-0.05, 0) is 29.8 Å². The van der Waals surface area contributed by atoms with E-state index in [1.54, 1.807) is 24.3 Å². The molecule has 116 valence electrons. The summed E-state index contributed by atoms with van der Waals surface area (Å²) in [6.07, 6.45) is -4.42. The van der Waals surface area contributed by atoms with Crippen LogP contribution in [0.5, 0.6) is 11.5 Å². The number of carbonyl (C=O) groups excluding carboxylic acids is 1. The SMILES string of the molecule is O=Cc1cc(OCc2ccc(Cl)cc2)cc(OC(F)(F)F)c1. The molecule has 0 radical (unpaired) electrons. The van der Waals surface area contributed by atoms with Crippen molar-refractivity contribution < 1.29 is 27.4 Å². The van der Waals surface area contributed by atoms with Crippen molar-refractivity contribution in [1.29, 1.82) is 0 Å². The third-order valence-electron chi connectivity index (χ3n) is 2.59. The molecule has 0 unspecified atom stereocenters. The number of ether oxygens (including phenoxy) is 2. The molecule has 0 N–H and O–H groups in total. The molecule has 0 aliphatic heterocycles. The van der Waals surface area contributed by atoms with E-state index in [9.17, 15) is 18.0 Å². The quantitative estimate of drug-likeness (QED) is 0.750. The van der Waals surface area contributed by atoms with Gasteiger partial charge in [0.15, 0.2) is 0 Å². The van der Waals surface area contributed by atoms with Crippen LogP contribution in [0.25, 0.3) is 0 Å². The fourth-order valence-corrected chi connectivity index (χ4v) is 1.81. The summed E-state index contributed by atoms with van der Waals surface area (Å²) in [5.74, 6) is -0.415. The largest absolute Gasteiger partial charge is 0.573 e. The zero-order valence-electron chi connectivity index (χ0n) is 11.1. The van der Waals surface area contributed by atoms with Crippen LogP contribution in [0, 0.1) is 0 Å². The minimum atomic E-state index is -4.84. The van der Waals surface area contributed by atoms with Crippen molar-refractivity contribution in [2.45, 2.75) is 13.0 Å². The molecule has 0 saturated carbocycles. The molecule has 22 heavy (non-hydrogen) atoms. The van der Waals surface area contributed by atoms with Gasteiger partial charge in [0.05, 0.1) is 0 Å². The Kier molecular flexibility index (Phi) is 4.92. The van der Waals surface area contributed by atoms with E-state index >= 15 is 0 Å². The molecular formula is C15H10ClF3O3. The summed E-state index contributed by atoms with van der Waals surface area (Å²) >= 11 is 5.75. The molecule has 0 bridgehead atoms. The molecule has 0 saturated heterocycles. The number of alkyl halides is 3. The Morgan fingerprint density at radius 2 is 1.68 bits per heavy atom. The first kappa shape index (κ1) is 16.2. The molecule has 2 aromatic carbocycles. The van der Waals surface area contributed by atoms with Crippen molar-refractivity contribution in [3.8, 4) is 11.5 Å². The van der Waals surface area contributed by atoms with Crippen LogP contribution in [-0.2, 0) is 6.61 Å². The Balaban J connectivity index is 2.14. The first-order chi connectivity index (χ1) is 10.4. The van der Waals surface area contributed by atoms with Crippen LogP contribution in [-0.4, -0.2) is 12.6 Å². The lowest BCUT2D eigenvalue weighted by Gasteiger charge is -2.12. The highest BCUT2D eigenvalue weighted by Gasteiger charge is 2.31. The Hall–Kier alpha value is -2.21. The van der Waals surface area contributed by atoms with Gasteiger partial charge in [0.1, 0.15) is 24.4 Å². The van der Waals surface area contributed by atoms with Gasteiger partial charge in [-0.1, -0.05) is 23.7 Å². The topological polar surface area (TPSA) is 35.5 Å². The van der Waals surface area contributed by atoms with E-state index < -0.39 is 12.1 Å². The van der Waals surface area contributed by atoms with Crippen LogP contribution in [0.4, 0.5) is 13.2 Å². The lowest BCUT2D eigenvalue weighted by atomic mass is 10.2. The molecule has 2 rings (SSSR count). The van der Waals surface area contributed by atoms with E-state index in [4.69, 9.17) is 16.3 Å². The highest BCUT2D eigenvalue weighted by molar-refractivity contribution is 6.30. The first-order valence-electron chi connectivity index (χ1n) is 6.09. The third-order valence-corrected chi connectivity index (χ3v) is 2.84. The third kappa shape index (κ3) is 4.96.